The second-order valence-corrected chi connectivity index (χ2v) is 6.30. The Bertz CT molecular complexity index is 545. The van der Waals surface area contributed by atoms with Crippen molar-refractivity contribution in [2.24, 2.45) is 5.41 Å². The average molecular weight is 307 g/mol. The molecule has 1 heterocycles. The van der Waals surface area contributed by atoms with Crippen molar-refractivity contribution in [2.45, 2.75) is 39.2 Å². The summed E-state index contributed by atoms with van der Waals surface area (Å²) in [5.74, 6) is 0.0465. The van der Waals surface area contributed by atoms with Crippen LogP contribution in [0.25, 0.3) is 0 Å². The van der Waals surface area contributed by atoms with Gasteiger partial charge in [-0.05, 0) is 43.5 Å². The fourth-order valence-electron chi connectivity index (χ4n) is 3.27. The van der Waals surface area contributed by atoms with E-state index < -0.39 is 11.5 Å². The van der Waals surface area contributed by atoms with Crippen LogP contribution in [0, 0.1) is 12.3 Å². The van der Waals surface area contributed by atoms with Crippen LogP contribution in [-0.4, -0.2) is 51.9 Å². The summed E-state index contributed by atoms with van der Waals surface area (Å²) in [5, 5.41) is 29.6. The summed E-state index contributed by atoms with van der Waals surface area (Å²) < 4.78 is 0. The number of phenolic OH excluding ortho intramolecular Hbond substituents is 1. The van der Waals surface area contributed by atoms with E-state index in [1.165, 1.54) is 6.07 Å². The standard InChI is InChI=1S/C17H25NO4/c1-3-7-17(11-19)10-18(8-6-15(17)21)16(22)13-4-5-14(20)12(2)9-13/h4-5,9,15,19-21H,3,6-8,10-11H2,1-2H3/t15-,17+/m1/s1. The van der Waals surface area contributed by atoms with Crippen LogP contribution in [0.2, 0.25) is 0 Å². The van der Waals surface area contributed by atoms with Crippen molar-refractivity contribution in [1.29, 1.82) is 0 Å². The highest BCUT2D eigenvalue weighted by Gasteiger charge is 2.43. The lowest BCUT2D eigenvalue weighted by molar-refractivity contribution is -0.0720. The number of carbonyl (C=O) groups excluding carboxylic acids is 1. The fourth-order valence-corrected chi connectivity index (χ4v) is 3.27. The Labute approximate surface area is 131 Å². The van der Waals surface area contributed by atoms with Gasteiger partial charge in [-0.2, -0.15) is 0 Å². The summed E-state index contributed by atoms with van der Waals surface area (Å²) in [5.41, 5.74) is 0.550. The summed E-state index contributed by atoms with van der Waals surface area (Å²) in [4.78, 5) is 14.4. The summed E-state index contributed by atoms with van der Waals surface area (Å²) in [6.07, 6.45) is 1.42. The van der Waals surface area contributed by atoms with Gasteiger partial charge in [-0.3, -0.25) is 4.79 Å². The van der Waals surface area contributed by atoms with Gasteiger partial charge in [-0.15, -0.1) is 0 Å². The lowest BCUT2D eigenvalue weighted by atomic mass is 9.74. The molecule has 0 unspecified atom stereocenters. The zero-order valence-electron chi connectivity index (χ0n) is 13.2. The van der Waals surface area contributed by atoms with Crippen molar-refractivity contribution < 1.29 is 20.1 Å². The number of carbonyl (C=O) groups is 1. The molecule has 0 aromatic heterocycles. The van der Waals surface area contributed by atoms with Gasteiger partial charge in [-0.25, -0.2) is 0 Å². The number of amides is 1. The third-order valence-corrected chi connectivity index (χ3v) is 4.68. The highest BCUT2D eigenvalue weighted by molar-refractivity contribution is 5.94. The third-order valence-electron chi connectivity index (χ3n) is 4.68. The molecule has 3 N–H and O–H groups in total. The zero-order chi connectivity index (χ0) is 16.3. The fraction of sp³-hybridized carbons (Fsp3) is 0.588. The summed E-state index contributed by atoms with van der Waals surface area (Å²) >= 11 is 0. The minimum absolute atomic E-state index is 0.121. The molecular formula is C17H25NO4. The van der Waals surface area contributed by atoms with Crippen molar-refractivity contribution >= 4 is 5.91 Å². The monoisotopic (exact) mass is 307 g/mol. The van der Waals surface area contributed by atoms with Crippen LogP contribution in [0.15, 0.2) is 18.2 Å². The Hall–Kier alpha value is -1.59. The lowest BCUT2D eigenvalue weighted by Gasteiger charge is -2.45. The molecular weight excluding hydrogens is 282 g/mol. The van der Waals surface area contributed by atoms with Gasteiger partial charge in [0, 0.05) is 24.1 Å². The second-order valence-electron chi connectivity index (χ2n) is 6.30. The molecule has 5 heteroatoms. The molecule has 2 rings (SSSR count). The van der Waals surface area contributed by atoms with Gasteiger partial charge in [-0.1, -0.05) is 13.3 Å². The Balaban J connectivity index is 2.21. The topological polar surface area (TPSA) is 81.0 Å². The first-order valence-corrected chi connectivity index (χ1v) is 7.81. The van der Waals surface area contributed by atoms with Crippen LogP contribution in [0.1, 0.15) is 42.1 Å². The van der Waals surface area contributed by atoms with E-state index in [0.717, 1.165) is 6.42 Å². The smallest absolute Gasteiger partial charge is 0.253 e. The average Bonchev–Trinajstić information content (AvgIpc) is 2.51. The number of likely N-dealkylation sites (tertiary alicyclic amines) is 1. The molecule has 0 bridgehead atoms. The first-order chi connectivity index (χ1) is 10.4. The summed E-state index contributed by atoms with van der Waals surface area (Å²) in [6.45, 7) is 4.47. The summed E-state index contributed by atoms with van der Waals surface area (Å²) in [6, 6.07) is 4.80. The Kier molecular flexibility index (Phi) is 5.08. The molecule has 1 aliphatic heterocycles. The van der Waals surface area contributed by atoms with Gasteiger partial charge < -0.3 is 20.2 Å². The van der Waals surface area contributed by atoms with Crippen molar-refractivity contribution in [3.05, 3.63) is 29.3 Å². The molecule has 0 radical (unpaired) electrons. The Morgan fingerprint density at radius 2 is 2.18 bits per heavy atom. The molecule has 1 aliphatic rings. The minimum Gasteiger partial charge on any atom is -0.508 e. The molecule has 0 spiro atoms. The predicted octanol–water partition coefficient (Wildman–Crippen LogP) is 1.69. The molecule has 1 saturated heterocycles. The van der Waals surface area contributed by atoms with Crippen LogP contribution in [0.4, 0.5) is 0 Å². The van der Waals surface area contributed by atoms with Gasteiger partial charge in [0.1, 0.15) is 5.75 Å². The number of aryl methyl sites for hydroxylation is 1. The van der Waals surface area contributed by atoms with Gasteiger partial charge in [0.15, 0.2) is 0 Å². The van der Waals surface area contributed by atoms with Crippen LogP contribution < -0.4 is 0 Å². The number of aromatic hydroxyl groups is 1. The molecule has 1 fully saturated rings. The summed E-state index contributed by atoms with van der Waals surface area (Å²) in [7, 11) is 0. The highest BCUT2D eigenvalue weighted by Crippen LogP contribution is 2.35. The molecule has 0 aliphatic carbocycles. The predicted molar refractivity (Wildman–Crippen MR) is 83.8 cm³/mol. The number of phenols is 1. The number of aliphatic hydroxyl groups is 2. The van der Waals surface area contributed by atoms with E-state index in [1.807, 2.05) is 6.92 Å². The number of hydrogen-bond acceptors (Lipinski definition) is 4. The molecule has 5 nitrogen and oxygen atoms in total. The van der Waals surface area contributed by atoms with Crippen molar-refractivity contribution in [1.82, 2.24) is 4.90 Å². The van der Waals surface area contributed by atoms with Crippen LogP contribution >= 0.6 is 0 Å². The highest BCUT2D eigenvalue weighted by atomic mass is 16.3. The SMILES string of the molecule is CCC[C@@]1(CO)CN(C(=O)c2ccc(O)c(C)c2)CC[C@H]1O. The maximum absolute atomic E-state index is 12.7. The van der Waals surface area contributed by atoms with Gasteiger partial charge in [0.25, 0.3) is 5.91 Å². The second kappa shape index (κ2) is 6.67. The van der Waals surface area contributed by atoms with E-state index in [9.17, 15) is 20.1 Å². The number of aliphatic hydroxyl groups excluding tert-OH is 2. The van der Waals surface area contributed by atoms with Crippen molar-refractivity contribution in [3.8, 4) is 5.75 Å². The Morgan fingerprint density at radius 3 is 2.77 bits per heavy atom. The zero-order valence-corrected chi connectivity index (χ0v) is 13.2. The Morgan fingerprint density at radius 1 is 1.45 bits per heavy atom. The van der Waals surface area contributed by atoms with Crippen molar-refractivity contribution in [3.63, 3.8) is 0 Å². The quantitative estimate of drug-likeness (QED) is 0.790. The lowest BCUT2D eigenvalue weighted by Crippen LogP contribution is -2.55. The van der Waals surface area contributed by atoms with Crippen LogP contribution in [0.3, 0.4) is 0 Å². The first kappa shape index (κ1) is 16.8. The largest absolute Gasteiger partial charge is 0.508 e. The van der Waals surface area contributed by atoms with Crippen molar-refractivity contribution in [2.75, 3.05) is 19.7 Å². The number of benzene rings is 1. The normalized spacial score (nSPS) is 25.3. The van der Waals surface area contributed by atoms with Gasteiger partial charge in [0.2, 0.25) is 0 Å². The van der Waals surface area contributed by atoms with E-state index >= 15 is 0 Å². The molecule has 1 amide bonds. The first-order valence-electron chi connectivity index (χ1n) is 7.81. The van der Waals surface area contributed by atoms with E-state index in [0.29, 0.717) is 37.1 Å². The van der Waals surface area contributed by atoms with Crippen LogP contribution in [0.5, 0.6) is 5.75 Å². The van der Waals surface area contributed by atoms with E-state index in [-0.39, 0.29) is 18.3 Å². The number of rotatable bonds is 4. The third kappa shape index (κ3) is 3.10. The minimum atomic E-state index is -0.630. The molecule has 22 heavy (non-hydrogen) atoms. The molecule has 122 valence electrons. The van der Waals surface area contributed by atoms with E-state index in [4.69, 9.17) is 0 Å². The number of nitrogens with zero attached hydrogens (tertiary/aromatic N) is 1. The van der Waals surface area contributed by atoms with Gasteiger partial charge in [0.05, 0.1) is 12.7 Å². The molecule has 1 aromatic carbocycles. The number of hydrogen-bond donors (Lipinski definition) is 3. The number of piperidine rings is 1. The molecule has 1 aromatic rings. The maximum atomic E-state index is 12.7. The maximum Gasteiger partial charge on any atom is 0.253 e. The van der Waals surface area contributed by atoms with Crippen LogP contribution in [-0.2, 0) is 0 Å². The molecule has 2 atom stereocenters. The van der Waals surface area contributed by atoms with Gasteiger partial charge >= 0.3 is 0 Å². The van der Waals surface area contributed by atoms with E-state index in [1.54, 1.807) is 24.0 Å². The van der Waals surface area contributed by atoms with E-state index in [2.05, 4.69) is 0 Å². The molecule has 0 saturated carbocycles.